The van der Waals surface area contributed by atoms with E-state index in [0.717, 1.165) is 37.1 Å². The normalized spacial score (nSPS) is 28.3. The Hall–Kier alpha value is -1.74. The molecule has 2 aromatic carbocycles. The van der Waals surface area contributed by atoms with Crippen molar-refractivity contribution in [1.82, 2.24) is 5.32 Å². The monoisotopic (exact) mass is 525 g/mol. The molecule has 0 amide bonds. The zero-order chi connectivity index (χ0) is 24.6. The van der Waals surface area contributed by atoms with Gasteiger partial charge in [-0.3, -0.25) is 0 Å². The summed E-state index contributed by atoms with van der Waals surface area (Å²) < 4.78 is 67.6. The molecule has 1 N–H and O–H groups in total. The van der Waals surface area contributed by atoms with E-state index in [1.54, 1.807) is 12.1 Å². The summed E-state index contributed by atoms with van der Waals surface area (Å²) in [5.74, 6) is -1.38. The maximum Gasteiger partial charge on any atom is 0.165 e. The number of halogens is 3. The Bertz CT molecular complexity index is 1170. The third kappa shape index (κ3) is 5.08. The van der Waals surface area contributed by atoms with Gasteiger partial charge in [0.15, 0.2) is 21.4 Å². The van der Waals surface area contributed by atoms with E-state index < -0.39 is 33.0 Å². The van der Waals surface area contributed by atoms with E-state index in [9.17, 15) is 12.8 Å². The van der Waals surface area contributed by atoms with Crippen LogP contribution in [0, 0.1) is 17.6 Å². The Labute approximate surface area is 210 Å². The lowest BCUT2D eigenvalue weighted by Crippen LogP contribution is -2.55. The van der Waals surface area contributed by atoms with Gasteiger partial charge in [0.1, 0.15) is 5.82 Å². The Morgan fingerprint density at radius 1 is 1.11 bits per heavy atom. The fraction of sp³-hybridized carbons (Fsp3) is 0.538. The molecule has 0 radical (unpaired) electrons. The highest BCUT2D eigenvalue weighted by atomic mass is 35.5. The molecule has 0 bridgehead atoms. The van der Waals surface area contributed by atoms with E-state index >= 15 is 4.39 Å². The standard InChI is InChI=1S/C26H30ClF2NO4S/c27-18-5-3-17(4-6-18)14-26-10-12-33-23(9-13-35(31,32)16-19-2-1-11-30-19)20(26)15-34-25-22(29)8-7-21(28)24(25)26/h3-8,19-20,23,30H,1-2,9-16H2/t19-,20+,23+,26+/m1/s1. The maximum atomic E-state index is 15.4. The maximum absolute atomic E-state index is 15.4. The van der Waals surface area contributed by atoms with E-state index in [0.29, 0.717) is 24.5 Å². The molecule has 190 valence electrons. The molecule has 0 spiro atoms. The minimum atomic E-state index is -3.29. The minimum absolute atomic E-state index is 0.00164. The van der Waals surface area contributed by atoms with E-state index in [-0.39, 0.29) is 47.8 Å². The van der Waals surface area contributed by atoms with Crippen LogP contribution in [0.1, 0.15) is 36.8 Å². The second kappa shape index (κ2) is 9.96. The third-order valence-electron chi connectivity index (χ3n) is 7.77. The van der Waals surface area contributed by atoms with Crippen LogP contribution in [0.2, 0.25) is 5.02 Å². The molecule has 2 saturated heterocycles. The van der Waals surface area contributed by atoms with Gasteiger partial charge in [-0.1, -0.05) is 23.7 Å². The molecule has 5 rings (SSSR count). The number of ether oxygens (including phenoxy) is 2. The third-order valence-corrected chi connectivity index (χ3v) is 9.79. The summed E-state index contributed by atoms with van der Waals surface area (Å²) >= 11 is 6.07. The zero-order valence-corrected chi connectivity index (χ0v) is 21.0. The highest BCUT2D eigenvalue weighted by Gasteiger charge is 2.53. The van der Waals surface area contributed by atoms with Crippen LogP contribution < -0.4 is 10.1 Å². The molecule has 3 aliphatic heterocycles. The lowest BCUT2D eigenvalue weighted by Gasteiger charge is -2.51. The van der Waals surface area contributed by atoms with Crippen LogP contribution >= 0.6 is 11.6 Å². The quantitative estimate of drug-likeness (QED) is 0.578. The number of rotatable bonds is 7. The Morgan fingerprint density at radius 2 is 1.89 bits per heavy atom. The van der Waals surface area contributed by atoms with Crippen LogP contribution in [0.3, 0.4) is 0 Å². The first kappa shape index (κ1) is 24.9. The summed E-state index contributed by atoms with van der Waals surface area (Å²) in [6.07, 6.45) is 2.62. The Morgan fingerprint density at radius 3 is 2.63 bits per heavy atom. The number of hydrogen-bond donors (Lipinski definition) is 1. The Balaban J connectivity index is 1.45. The van der Waals surface area contributed by atoms with Crippen molar-refractivity contribution in [1.29, 1.82) is 0 Å². The molecule has 0 unspecified atom stereocenters. The number of hydrogen-bond acceptors (Lipinski definition) is 5. The zero-order valence-electron chi connectivity index (χ0n) is 19.4. The number of nitrogens with one attached hydrogen (secondary N) is 1. The second-order valence-electron chi connectivity index (χ2n) is 9.97. The number of sulfone groups is 1. The van der Waals surface area contributed by atoms with Crippen molar-refractivity contribution in [2.45, 2.75) is 49.7 Å². The topological polar surface area (TPSA) is 64.6 Å². The van der Waals surface area contributed by atoms with Gasteiger partial charge < -0.3 is 14.8 Å². The van der Waals surface area contributed by atoms with E-state index in [1.165, 1.54) is 0 Å². The lowest BCUT2D eigenvalue weighted by molar-refractivity contribution is -0.0963. The van der Waals surface area contributed by atoms with Crippen molar-refractivity contribution >= 4 is 21.4 Å². The first-order valence-electron chi connectivity index (χ1n) is 12.2. The molecule has 5 nitrogen and oxygen atoms in total. The van der Waals surface area contributed by atoms with Crippen molar-refractivity contribution in [2.24, 2.45) is 5.92 Å². The van der Waals surface area contributed by atoms with Gasteiger partial charge in [0.2, 0.25) is 0 Å². The fourth-order valence-electron chi connectivity index (χ4n) is 6.08. The molecule has 0 aromatic heterocycles. The Kier molecular flexibility index (Phi) is 7.09. The molecule has 4 atom stereocenters. The molecule has 35 heavy (non-hydrogen) atoms. The predicted molar refractivity (Wildman–Crippen MR) is 131 cm³/mol. The molecule has 3 heterocycles. The first-order chi connectivity index (χ1) is 16.8. The van der Waals surface area contributed by atoms with Gasteiger partial charge in [-0.2, -0.15) is 0 Å². The SMILES string of the molecule is O=S(=O)(CC[C@@H]1OCC[C@@]2(Cc3ccc(Cl)cc3)c3c(F)ccc(F)c3OC[C@@H]12)C[C@H]1CCCN1. The minimum Gasteiger partial charge on any atom is -0.490 e. The molecule has 0 aliphatic carbocycles. The largest absolute Gasteiger partial charge is 0.490 e. The molecule has 3 aliphatic rings. The van der Waals surface area contributed by atoms with Crippen molar-refractivity contribution in [3.8, 4) is 5.75 Å². The van der Waals surface area contributed by atoms with Crippen LogP contribution in [0.25, 0.3) is 0 Å². The van der Waals surface area contributed by atoms with Crippen LogP contribution in [0.15, 0.2) is 36.4 Å². The summed E-state index contributed by atoms with van der Waals surface area (Å²) in [5, 5.41) is 3.84. The van der Waals surface area contributed by atoms with Gasteiger partial charge in [0, 0.05) is 34.6 Å². The average molecular weight is 526 g/mol. The predicted octanol–water partition coefficient (Wildman–Crippen LogP) is 4.45. The molecule has 9 heteroatoms. The number of fused-ring (bicyclic) bond motifs is 3. The van der Waals surface area contributed by atoms with Crippen molar-refractivity contribution < 1.29 is 26.7 Å². The van der Waals surface area contributed by atoms with Crippen LogP contribution in [-0.2, 0) is 26.4 Å². The van der Waals surface area contributed by atoms with Gasteiger partial charge in [0.05, 0.1) is 24.2 Å². The van der Waals surface area contributed by atoms with Gasteiger partial charge >= 0.3 is 0 Å². The summed E-state index contributed by atoms with van der Waals surface area (Å²) in [6.45, 7) is 1.31. The van der Waals surface area contributed by atoms with Gasteiger partial charge in [0.25, 0.3) is 0 Å². The van der Waals surface area contributed by atoms with Crippen molar-refractivity contribution in [3.63, 3.8) is 0 Å². The average Bonchev–Trinajstić information content (AvgIpc) is 3.33. The van der Waals surface area contributed by atoms with Crippen molar-refractivity contribution in [2.75, 3.05) is 31.3 Å². The molecule has 0 saturated carbocycles. The fourth-order valence-corrected chi connectivity index (χ4v) is 7.86. The molecule has 2 aromatic rings. The van der Waals surface area contributed by atoms with Crippen LogP contribution in [0.5, 0.6) is 5.75 Å². The van der Waals surface area contributed by atoms with Gasteiger partial charge in [-0.05, 0) is 68.5 Å². The van der Waals surface area contributed by atoms with Crippen molar-refractivity contribution in [3.05, 3.63) is 64.2 Å². The summed E-state index contributed by atoms with van der Waals surface area (Å²) in [5.41, 5.74) is 0.388. The van der Waals surface area contributed by atoms with Crippen LogP contribution in [0.4, 0.5) is 8.78 Å². The summed E-state index contributed by atoms with van der Waals surface area (Å²) in [7, 11) is -3.29. The van der Waals surface area contributed by atoms with E-state index in [4.69, 9.17) is 21.1 Å². The summed E-state index contributed by atoms with van der Waals surface area (Å²) in [4.78, 5) is 0. The molecular weight excluding hydrogens is 496 g/mol. The molecule has 2 fully saturated rings. The first-order valence-corrected chi connectivity index (χ1v) is 14.4. The van der Waals surface area contributed by atoms with E-state index in [2.05, 4.69) is 5.32 Å². The smallest absolute Gasteiger partial charge is 0.165 e. The highest BCUT2D eigenvalue weighted by Crippen LogP contribution is 2.52. The number of benzene rings is 2. The van der Waals surface area contributed by atoms with Gasteiger partial charge in [-0.15, -0.1) is 0 Å². The summed E-state index contributed by atoms with van der Waals surface area (Å²) in [6, 6.07) is 9.58. The second-order valence-corrected chi connectivity index (χ2v) is 12.6. The highest BCUT2D eigenvalue weighted by molar-refractivity contribution is 7.91. The van der Waals surface area contributed by atoms with E-state index in [1.807, 2.05) is 12.1 Å². The molecular formula is C26H30ClF2NO4S. The van der Waals surface area contributed by atoms with Crippen LogP contribution in [-0.4, -0.2) is 51.8 Å². The van der Waals surface area contributed by atoms with Gasteiger partial charge in [-0.25, -0.2) is 17.2 Å². The lowest BCUT2D eigenvalue weighted by atomic mass is 9.60.